The third kappa shape index (κ3) is 4.52. The molecule has 1 N–H and O–H groups in total. The molecule has 2 aliphatic heterocycles. The fourth-order valence-corrected chi connectivity index (χ4v) is 4.41. The molecule has 4 heterocycles. The van der Waals surface area contributed by atoms with Crippen LogP contribution in [0.1, 0.15) is 29.3 Å². The Morgan fingerprint density at radius 3 is 2.85 bits per heavy atom. The van der Waals surface area contributed by atoms with Crippen LogP contribution in [0.15, 0.2) is 70.8 Å². The number of aliphatic imine (C=N–C) groups is 1. The molecule has 0 bridgehead atoms. The van der Waals surface area contributed by atoms with E-state index < -0.39 is 6.04 Å². The Kier molecular flexibility index (Phi) is 5.93. The van der Waals surface area contributed by atoms with Gasteiger partial charge < -0.3 is 18.8 Å². The highest BCUT2D eigenvalue weighted by atomic mass is 16.3. The average molecular weight is 447 g/mol. The summed E-state index contributed by atoms with van der Waals surface area (Å²) < 4.78 is 7.59. The van der Waals surface area contributed by atoms with Gasteiger partial charge in [-0.1, -0.05) is 24.3 Å². The summed E-state index contributed by atoms with van der Waals surface area (Å²) in [6.07, 6.45) is 8.55. The maximum absolute atomic E-state index is 12.9. The summed E-state index contributed by atoms with van der Waals surface area (Å²) in [5.41, 5.74) is 2.47. The normalized spacial score (nSPS) is 19.1. The number of fused-ring (bicyclic) bond motifs is 1. The van der Waals surface area contributed by atoms with Crippen molar-refractivity contribution >= 4 is 17.8 Å². The van der Waals surface area contributed by atoms with Crippen molar-refractivity contribution in [1.29, 1.82) is 0 Å². The summed E-state index contributed by atoms with van der Waals surface area (Å²) in [6, 6.07) is 11.1. The van der Waals surface area contributed by atoms with Crippen molar-refractivity contribution in [2.24, 2.45) is 4.99 Å². The van der Waals surface area contributed by atoms with Crippen LogP contribution in [0.25, 0.3) is 0 Å². The van der Waals surface area contributed by atoms with E-state index in [1.807, 2.05) is 33.9 Å². The summed E-state index contributed by atoms with van der Waals surface area (Å²) in [5, 5.41) is 2.85. The maximum Gasteiger partial charge on any atom is 0.323 e. The zero-order chi connectivity index (χ0) is 22.6. The van der Waals surface area contributed by atoms with E-state index in [4.69, 9.17) is 4.42 Å². The molecule has 9 nitrogen and oxygen atoms in total. The predicted octanol–water partition coefficient (Wildman–Crippen LogP) is 2.62. The number of hydrogen-bond acceptors (Lipinski definition) is 5. The Morgan fingerprint density at radius 2 is 2.06 bits per heavy atom. The summed E-state index contributed by atoms with van der Waals surface area (Å²) >= 11 is 0. The zero-order valence-electron chi connectivity index (χ0n) is 18.3. The van der Waals surface area contributed by atoms with Crippen LogP contribution in [0.5, 0.6) is 0 Å². The van der Waals surface area contributed by atoms with Gasteiger partial charge in [-0.2, -0.15) is 0 Å². The van der Waals surface area contributed by atoms with Crippen molar-refractivity contribution in [3.63, 3.8) is 0 Å². The van der Waals surface area contributed by atoms with E-state index in [9.17, 15) is 9.59 Å². The van der Waals surface area contributed by atoms with Crippen molar-refractivity contribution in [2.45, 2.75) is 32.0 Å². The van der Waals surface area contributed by atoms with E-state index in [2.05, 4.69) is 27.4 Å². The SMILES string of the molecule is O=C(C/N=C1/NC(=O)N(CCCn2ccnc2)C1c1ccco1)N1CCc2ccccc2C1. The topological polar surface area (TPSA) is 96.0 Å². The zero-order valence-corrected chi connectivity index (χ0v) is 18.3. The van der Waals surface area contributed by atoms with E-state index in [-0.39, 0.29) is 18.5 Å². The molecule has 0 spiro atoms. The lowest BCUT2D eigenvalue weighted by molar-refractivity contribution is -0.130. The van der Waals surface area contributed by atoms with Crippen molar-refractivity contribution in [3.05, 3.63) is 78.3 Å². The van der Waals surface area contributed by atoms with Crippen molar-refractivity contribution in [2.75, 3.05) is 19.6 Å². The molecule has 9 heteroatoms. The standard InChI is InChI=1S/C24H26N6O3/c31-21(29-12-8-18-5-1-2-6-19(18)16-29)15-26-23-22(20-7-3-14-33-20)30(24(32)27-23)11-4-10-28-13-9-25-17-28/h1-3,5-7,9,13-14,17,22H,4,8,10-12,15-16H2,(H,26,27,32). The number of urea groups is 1. The van der Waals surface area contributed by atoms with Gasteiger partial charge in [0.25, 0.3) is 0 Å². The number of hydrogen-bond donors (Lipinski definition) is 1. The van der Waals surface area contributed by atoms with Crippen LogP contribution in [-0.2, 0) is 24.3 Å². The van der Waals surface area contributed by atoms with Gasteiger partial charge in [0, 0.05) is 38.6 Å². The van der Waals surface area contributed by atoms with Crippen LogP contribution in [-0.4, -0.2) is 56.8 Å². The number of carbonyl (C=O) groups is 2. The van der Waals surface area contributed by atoms with Gasteiger partial charge in [0.2, 0.25) is 5.91 Å². The van der Waals surface area contributed by atoms with E-state index in [1.165, 1.54) is 11.1 Å². The molecule has 33 heavy (non-hydrogen) atoms. The maximum atomic E-state index is 12.9. The van der Waals surface area contributed by atoms with Crippen LogP contribution in [0.4, 0.5) is 4.79 Å². The highest BCUT2D eigenvalue weighted by Gasteiger charge is 2.39. The van der Waals surface area contributed by atoms with Crippen LogP contribution in [0.2, 0.25) is 0 Å². The number of furan rings is 1. The smallest absolute Gasteiger partial charge is 0.323 e. The van der Waals surface area contributed by atoms with Gasteiger partial charge in [0.05, 0.1) is 12.6 Å². The van der Waals surface area contributed by atoms with Crippen LogP contribution in [0.3, 0.4) is 0 Å². The van der Waals surface area contributed by atoms with Crippen LogP contribution in [0, 0.1) is 0 Å². The molecule has 170 valence electrons. The number of rotatable bonds is 7. The van der Waals surface area contributed by atoms with E-state index in [0.29, 0.717) is 31.2 Å². The fourth-order valence-electron chi connectivity index (χ4n) is 4.41. The lowest BCUT2D eigenvalue weighted by Crippen LogP contribution is -2.37. The quantitative estimate of drug-likeness (QED) is 0.603. The molecule has 1 unspecified atom stereocenters. The molecule has 1 atom stereocenters. The van der Waals surface area contributed by atoms with Crippen molar-refractivity contribution < 1.29 is 14.0 Å². The van der Waals surface area contributed by atoms with Gasteiger partial charge in [-0.25, -0.2) is 9.78 Å². The fraction of sp³-hybridized carbons (Fsp3) is 0.333. The second-order valence-electron chi connectivity index (χ2n) is 8.23. The number of aryl methyl sites for hydroxylation is 1. The molecular weight excluding hydrogens is 420 g/mol. The molecule has 5 rings (SSSR count). The van der Waals surface area contributed by atoms with Crippen LogP contribution < -0.4 is 5.32 Å². The Hall–Kier alpha value is -3.88. The minimum absolute atomic E-state index is 0.0160. The first-order chi connectivity index (χ1) is 16.2. The molecule has 3 amide bonds. The van der Waals surface area contributed by atoms with Gasteiger partial charge in [-0.3, -0.25) is 15.1 Å². The number of carbonyl (C=O) groups excluding carboxylic acids is 2. The monoisotopic (exact) mass is 446 g/mol. The van der Waals surface area contributed by atoms with Gasteiger partial charge in [0.15, 0.2) is 0 Å². The average Bonchev–Trinajstić information content (AvgIpc) is 3.60. The van der Waals surface area contributed by atoms with Gasteiger partial charge in [-0.15, -0.1) is 0 Å². The summed E-state index contributed by atoms with van der Waals surface area (Å²) in [6.45, 7) is 2.52. The van der Waals surface area contributed by atoms with Gasteiger partial charge in [-0.05, 0) is 36.1 Å². The number of amides is 3. The Morgan fingerprint density at radius 1 is 1.18 bits per heavy atom. The molecule has 2 aliphatic rings. The first-order valence-electron chi connectivity index (χ1n) is 11.1. The molecule has 0 saturated carbocycles. The minimum Gasteiger partial charge on any atom is -0.467 e. The Balaban J connectivity index is 1.27. The first kappa shape index (κ1) is 21.0. The first-order valence-corrected chi connectivity index (χ1v) is 11.1. The molecule has 2 aromatic heterocycles. The predicted molar refractivity (Wildman–Crippen MR) is 121 cm³/mol. The van der Waals surface area contributed by atoms with E-state index in [1.54, 1.807) is 29.8 Å². The second-order valence-corrected chi connectivity index (χ2v) is 8.23. The number of nitrogens with zero attached hydrogens (tertiary/aromatic N) is 5. The third-order valence-corrected chi connectivity index (χ3v) is 6.12. The number of benzene rings is 1. The van der Waals surface area contributed by atoms with Crippen LogP contribution >= 0.6 is 0 Å². The molecule has 3 aromatic rings. The van der Waals surface area contributed by atoms with E-state index >= 15 is 0 Å². The minimum atomic E-state index is -0.467. The number of aromatic nitrogens is 2. The van der Waals surface area contributed by atoms with Gasteiger partial charge in [0.1, 0.15) is 24.2 Å². The molecule has 1 fully saturated rings. The number of imidazole rings is 1. The highest BCUT2D eigenvalue weighted by Crippen LogP contribution is 2.27. The molecule has 1 saturated heterocycles. The summed E-state index contributed by atoms with van der Waals surface area (Å²) in [7, 11) is 0. The largest absolute Gasteiger partial charge is 0.467 e. The highest BCUT2D eigenvalue weighted by molar-refractivity contribution is 6.07. The third-order valence-electron chi connectivity index (χ3n) is 6.12. The molecule has 0 aliphatic carbocycles. The molecule has 0 radical (unpaired) electrons. The Bertz CT molecular complexity index is 1140. The summed E-state index contributed by atoms with van der Waals surface area (Å²) in [5.74, 6) is 1.01. The Labute approximate surface area is 191 Å². The van der Waals surface area contributed by atoms with Crippen molar-refractivity contribution in [3.8, 4) is 0 Å². The number of amidine groups is 1. The molecule has 1 aromatic carbocycles. The van der Waals surface area contributed by atoms with Crippen molar-refractivity contribution in [1.82, 2.24) is 24.7 Å². The van der Waals surface area contributed by atoms with E-state index in [0.717, 1.165) is 19.4 Å². The second kappa shape index (κ2) is 9.32. The lowest BCUT2D eigenvalue weighted by atomic mass is 10.00. The number of nitrogens with one attached hydrogen (secondary N) is 1. The lowest BCUT2D eigenvalue weighted by Gasteiger charge is -2.28. The molecular formula is C24H26N6O3. The summed E-state index contributed by atoms with van der Waals surface area (Å²) in [4.78, 5) is 37.7. The van der Waals surface area contributed by atoms with Gasteiger partial charge >= 0.3 is 6.03 Å².